The van der Waals surface area contributed by atoms with Crippen LogP contribution in [0.5, 0.6) is 0 Å². The second-order valence-electron chi connectivity index (χ2n) is 4.98. The van der Waals surface area contributed by atoms with E-state index in [1.165, 1.54) is 0 Å². The molecule has 20 heavy (non-hydrogen) atoms. The van der Waals surface area contributed by atoms with Crippen molar-refractivity contribution in [2.24, 2.45) is 5.73 Å². The highest BCUT2D eigenvalue weighted by Gasteiger charge is 2.14. The maximum atomic E-state index is 11.1. The number of primary amides is 1. The van der Waals surface area contributed by atoms with E-state index >= 15 is 0 Å². The van der Waals surface area contributed by atoms with Gasteiger partial charge in [-0.15, -0.1) is 11.3 Å². The van der Waals surface area contributed by atoms with E-state index in [0.717, 1.165) is 16.3 Å². The summed E-state index contributed by atoms with van der Waals surface area (Å²) >= 11 is 1.62. The maximum Gasteiger partial charge on any atom is 0.231 e. The molecule has 2 aromatic rings. The fraction of sp³-hybridized carbons (Fsp3) is 0.333. The van der Waals surface area contributed by atoms with E-state index in [9.17, 15) is 4.79 Å². The maximum absolute atomic E-state index is 11.1. The van der Waals surface area contributed by atoms with Gasteiger partial charge in [0.1, 0.15) is 5.01 Å². The van der Waals surface area contributed by atoms with Crippen LogP contribution in [0.4, 0.5) is 0 Å². The summed E-state index contributed by atoms with van der Waals surface area (Å²) in [5.74, 6) is -0.308. The van der Waals surface area contributed by atoms with Crippen LogP contribution in [0.3, 0.4) is 0 Å². The zero-order valence-electron chi connectivity index (χ0n) is 11.7. The van der Waals surface area contributed by atoms with E-state index in [2.05, 4.69) is 4.98 Å². The molecule has 5 heteroatoms. The third-order valence-corrected chi connectivity index (χ3v) is 3.97. The van der Waals surface area contributed by atoms with Crippen molar-refractivity contribution in [1.82, 2.24) is 9.88 Å². The van der Waals surface area contributed by atoms with Crippen LogP contribution in [-0.2, 0) is 11.3 Å². The van der Waals surface area contributed by atoms with Crippen molar-refractivity contribution in [1.29, 1.82) is 0 Å². The molecule has 0 aliphatic rings. The zero-order chi connectivity index (χ0) is 14.5. The lowest BCUT2D eigenvalue weighted by Gasteiger charge is -2.23. The van der Waals surface area contributed by atoms with Gasteiger partial charge in [0.15, 0.2) is 0 Å². The van der Waals surface area contributed by atoms with E-state index in [0.29, 0.717) is 6.54 Å². The standard InChI is InChI=1S/C15H19N3OS/c1-11(2)18(9-14(16)19)8-13-10-20-15(17-13)12-6-4-3-5-7-12/h3-7,10-11H,8-9H2,1-2H3,(H2,16,19). The van der Waals surface area contributed by atoms with Crippen molar-refractivity contribution in [2.75, 3.05) is 6.54 Å². The van der Waals surface area contributed by atoms with Crippen LogP contribution in [0.1, 0.15) is 19.5 Å². The monoisotopic (exact) mass is 289 g/mol. The minimum Gasteiger partial charge on any atom is -0.369 e. The quantitative estimate of drug-likeness (QED) is 0.889. The molecule has 0 fully saturated rings. The van der Waals surface area contributed by atoms with E-state index in [1.807, 2.05) is 54.5 Å². The van der Waals surface area contributed by atoms with Gasteiger partial charge in [0, 0.05) is 23.5 Å². The number of nitrogens with zero attached hydrogens (tertiary/aromatic N) is 2. The summed E-state index contributed by atoms with van der Waals surface area (Å²) in [6.45, 7) is 5.00. The van der Waals surface area contributed by atoms with Gasteiger partial charge in [0.05, 0.1) is 12.2 Å². The SMILES string of the molecule is CC(C)N(CC(N)=O)Cc1csc(-c2ccccc2)n1. The zero-order valence-corrected chi connectivity index (χ0v) is 12.6. The van der Waals surface area contributed by atoms with Crippen molar-refractivity contribution in [3.05, 3.63) is 41.4 Å². The van der Waals surface area contributed by atoms with Gasteiger partial charge in [-0.2, -0.15) is 0 Å². The number of thiazole rings is 1. The molecule has 0 unspecified atom stereocenters. The van der Waals surface area contributed by atoms with Gasteiger partial charge in [-0.3, -0.25) is 9.69 Å². The van der Waals surface area contributed by atoms with E-state index in [1.54, 1.807) is 11.3 Å². The van der Waals surface area contributed by atoms with Gasteiger partial charge >= 0.3 is 0 Å². The first kappa shape index (κ1) is 14.7. The summed E-state index contributed by atoms with van der Waals surface area (Å²) in [5, 5.41) is 3.04. The number of amides is 1. The molecule has 106 valence electrons. The molecule has 0 saturated carbocycles. The Hall–Kier alpha value is -1.72. The van der Waals surface area contributed by atoms with Gasteiger partial charge in [-0.25, -0.2) is 4.98 Å². The third kappa shape index (κ3) is 3.88. The van der Waals surface area contributed by atoms with Gasteiger partial charge in [0.2, 0.25) is 5.91 Å². The van der Waals surface area contributed by atoms with Crippen LogP contribution in [0.15, 0.2) is 35.7 Å². The summed E-state index contributed by atoms with van der Waals surface area (Å²) in [6, 6.07) is 10.3. The molecule has 1 aromatic heterocycles. The van der Waals surface area contributed by atoms with Gasteiger partial charge < -0.3 is 5.73 Å². The first-order valence-corrected chi connectivity index (χ1v) is 7.46. The summed E-state index contributed by atoms with van der Waals surface area (Å²) in [7, 11) is 0. The molecule has 0 spiro atoms. The molecule has 0 saturated heterocycles. The lowest BCUT2D eigenvalue weighted by molar-refractivity contribution is -0.119. The first-order chi connectivity index (χ1) is 9.56. The molecule has 2 rings (SSSR count). The highest BCUT2D eigenvalue weighted by atomic mass is 32.1. The molecule has 0 aliphatic carbocycles. The van der Waals surface area contributed by atoms with Crippen LogP contribution in [0.2, 0.25) is 0 Å². The summed E-state index contributed by atoms with van der Waals surface area (Å²) in [4.78, 5) is 17.7. The highest BCUT2D eigenvalue weighted by molar-refractivity contribution is 7.13. The molecule has 0 radical (unpaired) electrons. The van der Waals surface area contributed by atoms with Crippen LogP contribution in [0, 0.1) is 0 Å². The largest absolute Gasteiger partial charge is 0.369 e. The molecular weight excluding hydrogens is 270 g/mol. The molecule has 1 heterocycles. The average molecular weight is 289 g/mol. The Kier molecular flexibility index (Phi) is 4.87. The van der Waals surface area contributed by atoms with Gasteiger partial charge in [-0.05, 0) is 13.8 Å². The Balaban J connectivity index is 2.10. The summed E-state index contributed by atoms with van der Waals surface area (Å²) < 4.78 is 0. The minimum absolute atomic E-state index is 0.254. The Bertz CT molecular complexity index is 566. The second-order valence-corrected chi connectivity index (χ2v) is 5.83. The van der Waals surface area contributed by atoms with Crippen molar-refractivity contribution in [3.8, 4) is 10.6 Å². The molecule has 0 bridgehead atoms. The topological polar surface area (TPSA) is 59.2 Å². The average Bonchev–Trinajstić information content (AvgIpc) is 2.87. The lowest BCUT2D eigenvalue weighted by atomic mass is 10.2. The summed E-state index contributed by atoms with van der Waals surface area (Å²) in [5.41, 5.74) is 7.38. The molecule has 0 atom stereocenters. The molecule has 1 amide bonds. The van der Waals surface area contributed by atoms with Crippen LogP contribution in [0.25, 0.3) is 10.6 Å². The predicted molar refractivity (Wildman–Crippen MR) is 82.3 cm³/mol. The lowest BCUT2D eigenvalue weighted by Crippen LogP contribution is -2.38. The van der Waals surface area contributed by atoms with E-state index < -0.39 is 0 Å². The number of rotatable bonds is 6. The summed E-state index contributed by atoms with van der Waals surface area (Å²) in [6.07, 6.45) is 0. The number of benzene rings is 1. The Morgan fingerprint density at radius 1 is 1.35 bits per heavy atom. The Labute approximate surface area is 123 Å². The number of carbonyl (C=O) groups excluding carboxylic acids is 1. The predicted octanol–water partition coefficient (Wildman–Crippen LogP) is 2.51. The molecule has 0 aliphatic heterocycles. The smallest absolute Gasteiger partial charge is 0.231 e. The number of hydrogen-bond donors (Lipinski definition) is 1. The normalized spacial score (nSPS) is 11.2. The fourth-order valence-corrected chi connectivity index (χ4v) is 2.74. The van der Waals surface area contributed by atoms with Crippen molar-refractivity contribution in [3.63, 3.8) is 0 Å². The Morgan fingerprint density at radius 3 is 2.65 bits per heavy atom. The number of hydrogen-bond acceptors (Lipinski definition) is 4. The fourth-order valence-electron chi connectivity index (χ4n) is 1.92. The van der Waals surface area contributed by atoms with E-state index in [4.69, 9.17) is 5.73 Å². The van der Waals surface area contributed by atoms with Gasteiger partial charge in [0.25, 0.3) is 0 Å². The number of carbonyl (C=O) groups is 1. The van der Waals surface area contributed by atoms with Crippen molar-refractivity contribution < 1.29 is 4.79 Å². The number of aromatic nitrogens is 1. The molecule has 2 N–H and O–H groups in total. The van der Waals surface area contributed by atoms with Crippen LogP contribution in [-0.4, -0.2) is 28.4 Å². The first-order valence-electron chi connectivity index (χ1n) is 6.58. The number of nitrogens with two attached hydrogens (primary N) is 1. The minimum atomic E-state index is -0.308. The molecule has 4 nitrogen and oxygen atoms in total. The van der Waals surface area contributed by atoms with Crippen molar-refractivity contribution in [2.45, 2.75) is 26.4 Å². The van der Waals surface area contributed by atoms with Crippen LogP contribution >= 0.6 is 11.3 Å². The van der Waals surface area contributed by atoms with Crippen LogP contribution < -0.4 is 5.73 Å². The Morgan fingerprint density at radius 2 is 2.05 bits per heavy atom. The second kappa shape index (κ2) is 6.63. The van der Waals surface area contributed by atoms with Crippen molar-refractivity contribution >= 4 is 17.2 Å². The highest BCUT2D eigenvalue weighted by Crippen LogP contribution is 2.24. The molecule has 1 aromatic carbocycles. The van der Waals surface area contributed by atoms with E-state index in [-0.39, 0.29) is 18.5 Å². The van der Waals surface area contributed by atoms with Gasteiger partial charge in [-0.1, -0.05) is 30.3 Å². The molecular formula is C15H19N3OS. The third-order valence-electron chi connectivity index (χ3n) is 3.03.